The second-order valence-corrected chi connectivity index (χ2v) is 5.20. The molecule has 0 aromatic heterocycles. The highest BCUT2D eigenvalue weighted by molar-refractivity contribution is 6.11. The Kier molecular flexibility index (Phi) is 2.22. The fourth-order valence-corrected chi connectivity index (χ4v) is 3.43. The molecule has 2 rings (SSSR count). The van der Waals surface area contributed by atoms with E-state index in [2.05, 4.69) is 6.92 Å². The second-order valence-electron chi connectivity index (χ2n) is 5.20. The highest BCUT2D eigenvalue weighted by Gasteiger charge is 2.39. The minimum Gasteiger partial charge on any atom is -0.0768 e. The van der Waals surface area contributed by atoms with Crippen molar-refractivity contribution in [1.82, 2.24) is 0 Å². The van der Waals surface area contributed by atoms with Gasteiger partial charge in [0.15, 0.2) is 0 Å². The first-order valence-corrected chi connectivity index (χ1v) is 5.46. The molecule has 0 aromatic carbocycles. The molecule has 0 heterocycles. The van der Waals surface area contributed by atoms with Crippen LogP contribution in [-0.2, 0) is 0 Å². The molecule has 3 atom stereocenters. The quantitative estimate of drug-likeness (QED) is 0.479. The molecule has 1 heteroatoms. The summed E-state index contributed by atoms with van der Waals surface area (Å²) in [6.45, 7) is 2.41. The molecule has 0 nitrogen and oxygen atoms in total. The van der Waals surface area contributed by atoms with Gasteiger partial charge in [-0.1, -0.05) is 38.4 Å². The molecule has 0 aromatic rings. The van der Waals surface area contributed by atoms with Crippen molar-refractivity contribution in [3.05, 3.63) is 0 Å². The zero-order valence-corrected chi connectivity index (χ0v) is 8.18. The zero-order valence-electron chi connectivity index (χ0n) is 8.18. The fourth-order valence-electron chi connectivity index (χ4n) is 3.43. The maximum Gasteiger partial charge on any atom is 0.0699 e. The van der Waals surface area contributed by atoms with Gasteiger partial charge in [-0.15, -0.1) is 0 Å². The van der Waals surface area contributed by atoms with E-state index in [1.54, 1.807) is 0 Å². The molecule has 2 aliphatic carbocycles. The average molecular weight is 162 g/mol. The van der Waals surface area contributed by atoms with Gasteiger partial charge in [-0.2, -0.15) is 0 Å². The smallest absolute Gasteiger partial charge is 0.0699 e. The minimum atomic E-state index is 0.523. The van der Waals surface area contributed by atoms with Gasteiger partial charge < -0.3 is 0 Å². The summed E-state index contributed by atoms with van der Waals surface area (Å²) in [5, 5.41) is 0. The Morgan fingerprint density at radius 2 is 2.00 bits per heavy atom. The lowest BCUT2D eigenvalue weighted by atomic mass is 9.67. The van der Waals surface area contributed by atoms with Gasteiger partial charge in [-0.05, 0) is 30.6 Å². The lowest BCUT2D eigenvalue weighted by Crippen LogP contribution is -2.24. The molecule has 2 aliphatic rings. The predicted octanol–water partition coefficient (Wildman–Crippen LogP) is 3.32. The Morgan fingerprint density at radius 3 is 2.58 bits per heavy atom. The van der Waals surface area contributed by atoms with Gasteiger partial charge in [0.25, 0.3) is 0 Å². The first-order chi connectivity index (χ1) is 5.70. The molecule has 1 spiro atoms. The van der Waals surface area contributed by atoms with Gasteiger partial charge in [0, 0.05) is 0 Å². The molecule has 2 fully saturated rings. The third-order valence-corrected chi connectivity index (χ3v) is 3.93. The molecular weight excluding hydrogens is 143 g/mol. The normalized spacial score (nSPS) is 48.4. The van der Waals surface area contributed by atoms with E-state index in [1.807, 2.05) is 0 Å². The Labute approximate surface area is 77.5 Å². The Bertz CT molecular complexity index is 162. The summed E-state index contributed by atoms with van der Waals surface area (Å²) >= 11 is 0. The molecule has 66 valence electrons. The van der Waals surface area contributed by atoms with Crippen molar-refractivity contribution < 1.29 is 0 Å². The van der Waals surface area contributed by atoms with E-state index in [0.29, 0.717) is 11.2 Å². The molecule has 0 saturated heterocycles. The fraction of sp³-hybridized carbons (Fsp3) is 1.00. The maximum atomic E-state index is 5.99. The van der Waals surface area contributed by atoms with E-state index in [4.69, 9.17) is 7.85 Å². The van der Waals surface area contributed by atoms with Crippen LogP contribution < -0.4 is 0 Å². The SMILES string of the molecule is [B]C1CCC2(CCCC(C)C2)C1. The lowest BCUT2D eigenvalue weighted by molar-refractivity contribution is 0.153. The molecule has 3 unspecified atom stereocenters. The van der Waals surface area contributed by atoms with Crippen LogP contribution in [-0.4, -0.2) is 7.85 Å². The monoisotopic (exact) mass is 162 g/mol. The zero-order chi connectivity index (χ0) is 8.60. The Hall–Kier alpha value is 0.0649. The highest BCUT2D eigenvalue weighted by Crippen LogP contribution is 2.53. The van der Waals surface area contributed by atoms with Gasteiger partial charge in [0.1, 0.15) is 0 Å². The topological polar surface area (TPSA) is 0 Å². The van der Waals surface area contributed by atoms with Crippen molar-refractivity contribution in [2.24, 2.45) is 11.3 Å². The average Bonchev–Trinajstić information content (AvgIpc) is 2.32. The minimum absolute atomic E-state index is 0.523. The molecule has 2 saturated carbocycles. The highest BCUT2D eigenvalue weighted by atomic mass is 14.4. The van der Waals surface area contributed by atoms with Crippen LogP contribution >= 0.6 is 0 Å². The van der Waals surface area contributed by atoms with Gasteiger partial charge in [0.2, 0.25) is 0 Å². The van der Waals surface area contributed by atoms with Crippen LogP contribution in [0.5, 0.6) is 0 Å². The van der Waals surface area contributed by atoms with Crippen LogP contribution in [0.3, 0.4) is 0 Å². The van der Waals surface area contributed by atoms with Crippen molar-refractivity contribution in [2.75, 3.05) is 0 Å². The first kappa shape index (κ1) is 8.65. The van der Waals surface area contributed by atoms with Crippen LogP contribution in [0, 0.1) is 11.3 Å². The Morgan fingerprint density at radius 1 is 1.17 bits per heavy atom. The van der Waals surface area contributed by atoms with Crippen LogP contribution in [0.15, 0.2) is 0 Å². The summed E-state index contributed by atoms with van der Waals surface area (Å²) in [5.41, 5.74) is 0.692. The molecule has 2 radical (unpaired) electrons. The number of rotatable bonds is 0. The van der Waals surface area contributed by atoms with Crippen molar-refractivity contribution in [3.63, 3.8) is 0 Å². The van der Waals surface area contributed by atoms with E-state index in [9.17, 15) is 0 Å². The summed E-state index contributed by atoms with van der Waals surface area (Å²) in [5.74, 6) is 1.49. The summed E-state index contributed by atoms with van der Waals surface area (Å²) in [4.78, 5) is 0. The maximum absolute atomic E-state index is 5.99. The van der Waals surface area contributed by atoms with Gasteiger partial charge in [0.05, 0.1) is 7.85 Å². The van der Waals surface area contributed by atoms with Crippen LogP contribution in [0.4, 0.5) is 0 Å². The predicted molar refractivity (Wildman–Crippen MR) is 53.4 cm³/mol. The third kappa shape index (κ3) is 1.55. The van der Waals surface area contributed by atoms with Crippen LogP contribution in [0.1, 0.15) is 51.9 Å². The van der Waals surface area contributed by atoms with Gasteiger partial charge >= 0.3 is 0 Å². The number of hydrogen-bond donors (Lipinski definition) is 0. The van der Waals surface area contributed by atoms with Crippen molar-refractivity contribution in [1.29, 1.82) is 0 Å². The summed E-state index contributed by atoms with van der Waals surface area (Å²) < 4.78 is 0. The van der Waals surface area contributed by atoms with Crippen LogP contribution in [0.2, 0.25) is 5.82 Å². The summed E-state index contributed by atoms with van der Waals surface area (Å²) in [6.07, 6.45) is 9.85. The van der Waals surface area contributed by atoms with Crippen molar-refractivity contribution >= 4 is 7.85 Å². The lowest BCUT2D eigenvalue weighted by Gasteiger charge is -2.37. The summed E-state index contributed by atoms with van der Waals surface area (Å²) in [7, 11) is 5.99. The number of hydrogen-bond acceptors (Lipinski definition) is 0. The van der Waals surface area contributed by atoms with Gasteiger partial charge in [-0.25, -0.2) is 0 Å². The largest absolute Gasteiger partial charge is 0.0768 e. The molecule has 0 N–H and O–H groups in total. The van der Waals surface area contributed by atoms with Crippen molar-refractivity contribution in [3.8, 4) is 0 Å². The summed E-state index contributed by atoms with van der Waals surface area (Å²) in [6, 6.07) is 0. The molecule has 12 heavy (non-hydrogen) atoms. The molecule has 0 aliphatic heterocycles. The second kappa shape index (κ2) is 3.08. The first-order valence-electron chi connectivity index (χ1n) is 5.46. The van der Waals surface area contributed by atoms with Crippen LogP contribution in [0.25, 0.3) is 0 Å². The van der Waals surface area contributed by atoms with E-state index in [0.717, 1.165) is 5.92 Å². The molecule has 0 bridgehead atoms. The van der Waals surface area contributed by atoms with E-state index in [-0.39, 0.29) is 0 Å². The van der Waals surface area contributed by atoms with E-state index in [1.165, 1.54) is 44.9 Å². The third-order valence-electron chi connectivity index (χ3n) is 3.93. The van der Waals surface area contributed by atoms with Gasteiger partial charge in [-0.3, -0.25) is 0 Å². The molecule has 0 amide bonds. The van der Waals surface area contributed by atoms with E-state index >= 15 is 0 Å². The molecular formula is C11H19B. The standard InChI is InChI=1S/C11H19B/c1-9-3-2-5-11(7-9)6-4-10(12)8-11/h9-10H,2-8H2,1H3. The van der Waals surface area contributed by atoms with E-state index < -0.39 is 0 Å². The van der Waals surface area contributed by atoms with Crippen molar-refractivity contribution in [2.45, 2.75) is 57.7 Å². The Balaban J connectivity index is 2.00.